The first-order valence-electron chi connectivity index (χ1n) is 5.14. The Hall–Kier alpha value is -0.100. The van der Waals surface area contributed by atoms with E-state index in [4.69, 9.17) is 4.74 Å². The highest BCUT2D eigenvalue weighted by atomic mass is 79.9. The molecule has 0 bridgehead atoms. The number of halogens is 1. The van der Waals surface area contributed by atoms with Crippen molar-refractivity contribution in [2.45, 2.75) is 4.90 Å². The summed E-state index contributed by atoms with van der Waals surface area (Å²) in [6.07, 6.45) is 3.66. The maximum atomic E-state index is 5.50. The minimum Gasteiger partial charge on any atom is -0.379 e. The smallest absolute Gasteiger partial charge is 0.0593 e. The number of aromatic nitrogens is 1. The van der Waals surface area contributed by atoms with Crippen LogP contribution in [0.4, 0.5) is 0 Å². The fourth-order valence-electron chi connectivity index (χ4n) is 1.04. The fraction of sp³-hybridized carbons (Fsp3) is 0.545. The second-order valence-electron chi connectivity index (χ2n) is 3.60. The number of hydrogen-bond donors (Lipinski definition) is 0. The van der Waals surface area contributed by atoms with Crippen molar-refractivity contribution in [3.63, 3.8) is 0 Å². The largest absolute Gasteiger partial charge is 0.379 e. The topological polar surface area (TPSA) is 25.4 Å². The highest BCUT2D eigenvalue weighted by molar-refractivity contribution is 9.10. The summed E-state index contributed by atoms with van der Waals surface area (Å²) in [4.78, 5) is 7.40. The van der Waals surface area contributed by atoms with Gasteiger partial charge in [0.25, 0.3) is 0 Å². The number of hydrogen-bond acceptors (Lipinski definition) is 4. The van der Waals surface area contributed by atoms with Gasteiger partial charge < -0.3 is 9.64 Å². The number of thioether (sulfide) groups is 1. The van der Waals surface area contributed by atoms with E-state index in [9.17, 15) is 0 Å². The molecule has 0 saturated heterocycles. The van der Waals surface area contributed by atoms with Gasteiger partial charge in [0.2, 0.25) is 0 Å². The summed E-state index contributed by atoms with van der Waals surface area (Å²) in [7, 11) is 4.09. The van der Waals surface area contributed by atoms with E-state index in [1.165, 1.54) is 4.90 Å². The van der Waals surface area contributed by atoms with Crippen molar-refractivity contribution < 1.29 is 4.74 Å². The third kappa shape index (κ3) is 6.48. The van der Waals surface area contributed by atoms with Gasteiger partial charge in [-0.1, -0.05) is 0 Å². The molecule has 3 nitrogen and oxygen atoms in total. The zero-order valence-corrected chi connectivity index (χ0v) is 12.1. The Kier molecular flexibility index (Phi) is 7.03. The van der Waals surface area contributed by atoms with Gasteiger partial charge in [0, 0.05) is 34.1 Å². The lowest BCUT2D eigenvalue weighted by molar-refractivity contribution is 0.131. The van der Waals surface area contributed by atoms with Crippen LogP contribution in [0.3, 0.4) is 0 Å². The minimum absolute atomic E-state index is 0.783. The van der Waals surface area contributed by atoms with Crippen LogP contribution in [0.1, 0.15) is 0 Å². The van der Waals surface area contributed by atoms with Crippen molar-refractivity contribution in [1.82, 2.24) is 9.88 Å². The number of likely N-dealkylation sites (N-methyl/N-ethyl adjacent to an activating group) is 1. The molecule has 0 aliphatic heterocycles. The molecule has 0 atom stereocenters. The monoisotopic (exact) mass is 304 g/mol. The molecule has 5 heteroatoms. The highest BCUT2D eigenvalue weighted by Crippen LogP contribution is 2.20. The van der Waals surface area contributed by atoms with Crippen molar-refractivity contribution in [3.8, 4) is 0 Å². The molecule has 0 aliphatic rings. The second-order valence-corrected chi connectivity index (χ2v) is 5.69. The molecular weight excluding hydrogens is 288 g/mol. The summed E-state index contributed by atoms with van der Waals surface area (Å²) in [5, 5.41) is 0. The molecule has 0 N–H and O–H groups in total. The zero-order chi connectivity index (χ0) is 11.8. The van der Waals surface area contributed by atoms with Gasteiger partial charge in [-0.3, -0.25) is 4.98 Å². The first-order valence-corrected chi connectivity index (χ1v) is 6.92. The Bertz CT molecular complexity index is 310. The fourth-order valence-corrected chi connectivity index (χ4v) is 2.34. The summed E-state index contributed by atoms with van der Waals surface area (Å²) in [5.41, 5.74) is 0. The molecule has 0 amide bonds. The first-order chi connectivity index (χ1) is 7.68. The summed E-state index contributed by atoms with van der Waals surface area (Å²) in [6.45, 7) is 2.55. The normalized spacial score (nSPS) is 11.0. The Morgan fingerprint density at radius 3 is 2.88 bits per heavy atom. The van der Waals surface area contributed by atoms with Gasteiger partial charge in [0.1, 0.15) is 0 Å². The summed E-state index contributed by atoms with van der Waals surface area (Å²) >= 11 is 5.16. The molecule has 1 aromatic heterocycles. The summed E-state index contributed by atoms with van der Waals surface area (Å²) in [6, 6.07) is 2.07. The number of pyridine rings is 1. The van der Waals surface area contributed by atoms with Crippen LogP contribution >= 0.6 is 27.7 Å². The van der Waals surface area contributed by atoms with E-state index in [1.807, 2.05) is 20.3 Å². The van der Waals surface area contributed by atoms with Crippen LogP contribution in [0.5, 0.6) is 0 Å². The molecule has 0 spiro atoms. The quantitative estimate of drug-likeness (QED) is 0.571. The predicted molar refractivity (Wildman–Crippen MR) is 72.0 cm³/mol. The Balaban J connectivity index is 2.07. The van der Waals surface area contributed by atoms with Gasteiger partial charge in [0.15, 0.2) is 0 Å². The van der Waals surface area contributed by atoms with Gasteiger partial charge in [-0.15, -0.1) is 11.8 Å². The van der Waals surface area contributed by atoms with Crippen LogP contribution in [0.15, 0.2) is 27.8 Å². The molecule has 0 unspecified atom stereocenters. The standard InChI is InChI=1S/C11H17BrN2OS/c1-14(2)3-4-15-5-6-16-11-7-10(12)8-13-9-11/h7-9H,3-6H2,1-2H3. The molecule has 0 radical (unpaired) electrons. The van der Waals surface area contributed by atoms with E-state index >= 15 is 0 Å². The van der Waals surface area contributed by atoms with E-state index in [1.54, 1.807) is 18.0 Å². The Morgan fingerprint density at radius 2 is 2.19 bits per heavy atom. The van der Waals surface area contributed by atoms with Crippen LogP contribution in [0.25, 0.3) is 0 Å². The molecule has 1 aromatic rings. The summed E-state index contributed by atoms with van der Waals surface area (Å²) in [5.74, 6) is 0.964. The molecule has 0 saturated carbocycles. The van der Waals surface area contributed by atoms with Crippen LogP contribution in [0, 0.1) is 0 Å². The average molecular weight is 305 g/mol. The van der Waals surface area contributed by atoms with Crippen molar-refractivity contribution in [2.24, 2.45) is 0 Å². The van der Waals surface area contributed by atoms with Crippen LogP contribution in [0.2, 0.25) is 0 Å². The van der Waals surface area contributed by atoms with E-state index in [2.05, 4.69) is 31.9 Å². The molecule has 0 aliphatic carbocycles. The molecule has 0 fully saturated rings. The third-order valence-corrected chi connectivity index (χ3v) is 3.22. The van der Waals surface area contributed by atoms with E-state index in [-0.39, 0.29) is 0 Å². The van der Waals surface area contributed by atoms with Gasteiger partial charge in [0.05, 0.1) is 13.2 Å². The van der Waals surface area contributed by atoms with Crippen molar-refractivity contribution in [2.75, 3.05) is 39.6 Å². The molecule has 1 heterocycles. The minimum atomic E-state index is 0.783. The number of ether oxygens (including phenoxy) is 1. The molecule has 90 valence electrons. The lowest BCUT2D eigenvalue weighted by Crippen LogP contribution is -2.18. The van der Waals surface area contributed by atoms with Crippen LogP contribution in [-0.4, -0.2) is 49.5 Å². The number of rotatable bonds is 7. The van der Waals surface area contributed by atoms with Crippen LogP contribution < -0.4 is 0 Å². The molecular formula is C11H17BrN2OS. The van der Waals surface area contributed by atoms with Gasteiger partial charge in [-0.25, -0.2) is 0 Å². The predicted octanol–water partition coefficient (Wildman–Crippen LogP) is 2.51. The second kappa shape index (κ2) is 8.06. The maximum absolute atomic E-state index is 5.50. The van der Waals surface area contributed by atoms with E-state index < -0.39 is 0 Å². The van der Waals surface area contributed by atoms with Crippen molar-refractivity contribution >= 4 is 27.7 Å². The Morgan fingerprint density at radius 1 is 1.38 bits per heavy atom. The SMILES string of the molecule is CN(C)CCOCCSc1cncc(Br)c1. The Labute approximate surface area is 110 Å². The summed E-state index contributed by atoms with van der Waals surface area (Å²) < 4.78 is 6.52. The van der Waals surface area contributed by atoms with E-state index in [0.29, 0.717) is 0 Å². The molecule has 16 heavy (non-hydrogen) atoms. The van der Waals surface area contributed by atoms with Gasteiger partial charge >= 0.3 is 0 Å². The van der Waals surface area contributed by atoms with E-state index in [0.717, 1.165) is 30.0 Å². The third-order valence-electron chi connectivity index (χ3n) is 1.86. The van der Waals surface area contributed by atoms with Crippen molar-refractivity contribution in [3.05, 3.63) is 22.9 Å². The average Bonchev–Trinajstić information content (AvgIpc) is 2.23. The lowest BCUT2D eigenvalue weighted by Gasteiger charge is -2.09. The number of nitrogens with zero attached hydrogens (tertiary/aromatic N) is 2. The lowest BCUT2D eigenvalue weighted by atomic mass is 10.5. The van der Waals surface area contributed by atoms with Crippen LogP contribution in [-0.2, 0) is 4.74 Å². The molecule has 1 rings (SSSR count). The van der Waals surface area contributed by atoms with Gasteiger partial charge in [-0.05, 0) is 36.1 Å². The van der Waals surface area contributed by atoms with Gasteiger partial charge in [-0.2, -0.15) is 0 Å². The van der Waals surface area contributed by atoms with Crippen molar-refractivity contribution in [1.29, 1.82) is 0 Å². The zero-order valence-electron chi connectivity index (χ0n) is 9.65. The first kappa shape index (κ1) is 14.0. The molecule has 0 aromatic carbocycles. The highest BCUT2D eigenvalue weighted by Gasteiger charge is 1.96. The maximum Gasteiger partial charge on any atom is 0.0593 e.